The minimum atomic E-state index is -0.477. The van der Waals surface area contributed by atoms with Crippen molar-refractivity contribution >= 4 is 17.8 Å². The van der Waals surface area contributed by atoms with E-state index in [0.29, 0.717) is 18.4 Å². The predicted molar refractivity (Wildman–Crippen MR) is 99.5 cm³/mol. The van der Waals surface area contributed by atoms with Crippen LogP contribution in [0.1, 0.15) is 29.5 Å². The molecule has 0 radical (unpaired) electrons. The SMILES string of the molecule is COc1cc(C)ccc1CCCC(=O)NN=Cc1cccc([N+](=O)[O-])c1. The van der Waals surface area contributed by atoms with E-state index in [1.54, 1.807) is 19.2 Å². The second-order valence-corrected chi connectivity index (χ2v) is 5.81. The molecule has 0 saturated carbocycles. The lowest BCUT2D eigenvalue weighted by Gasteiger charge is -2.09. The predicted octanol–water partition coefficient (Wildman–Crippen LogP) is 3.38. The number of carbonyl (C=O) groups is 1. The van der Waals surface area contributed by atoms with Gasteiger partial charge in [-0.1, -0.05) is 24.3 Å². The Labute approximate surface area is 151 Å². The molecule has 0 atom stereocenters. The van der Waals surface area contributed by atoms with Crippen molar-refractivity contribution in [3.63, 3.8) is 0 Å². The molecule has 0 saturated heterocycles. The number of amides is 1. The number of carbonyl (C=O) groups excluding carboxylic acids is 1. The maximum Gasteiger partial charge on any atom is 0.270 e. The minimum Gasteiger partial charge on any atom is -0.496 e. The minimum absolute atomic E-state index is 0.0210. The highest BCUT2D eigenvalue weighted by Crippen LogP contribution is 2.21. The van der Waals surface area contributed by atoms with Crippen LogP contribution in [0.5, 0.6) is 5.75 Å². The molecule has 0 spiro atoms. The first-order valence-corrected chi connectivity index (χ1v) is 8.19. The Kier molecular flexibility index (Phi) is 6.84. The van der Waals surface area contributed by atoms with Crippen LogP contribution in [0, 0.1) is 17.0 Å². The molecule has 136 valence electrons. The standard InChI is InChI=1S/C19H21N3O4/c1-14-9-10-16(18(11-14)26-2)6-4-8-19(23)21-20-13-15-5-3-7-17(12-15)22(24)25/h3,5,7,9-13H,4,6,8H2,1-2H3,(H,21,23). The smallest absolute Gasteiger partial charge is 0.270 e. The van der Waals surface area contributed by atoms with Gasteiger partial charge < -0.3 is 4.74 Å². The van der Waals surface area contributed by atoms with Crippen molar-refractivity contribution in [3.8, 4) is 5.75 Å². The van der Waals surface area contributed by atoms with Gasteiger partial charge in [0, 0.05) is 24.1 Å². The van der Waals surface area contributed by atoms with Crippen LogP contribution in [0.25, 0.3) is 0 Å². The first kappa shape index (κ1) is 19.1. The molecule has 0 aliphatic carbocycles. The van der Waals surface area contributed by atoms with Crippen LogP contribution in [-0.2, 0) is 11.2 Å². The number of nitro benzene ring substituents is 1. The van der Waals surface area contributed by atoms with E-state index in [0.717, 1.165) is 23.3 Å². The number of ether oxygens (including phenoxy) is 1. The van der Waals surface area contributed by atoms with Gasteiger partial charge in [-0.25, -0.2) is 5.43 Å². The summed E-state index contributed by atoms with van der Waals surface area (Å²) in [5, 5.41) is 14.6. The molecule has 0 aliphatic rings. The number of aryl methyl sites for hydroxylation is 2. The molecular weight excluding hydrogens is 334 g/mol. The van der Waals surface area contributed by atoms with Gasteiger partial charge in [-0.2, -0.15) is 5.10 Å². The van der Waals surface area contributed by atoms with Crippen molar-refractivity contribution in [2.75, 3.05) is 7.11 Å². The van der Waals surface area contributed by atoms with E-state index >= 15 is 0 Å². The molecule has 0 unspecified atom stereocenters. The topological polar surface area (TPSA) is 93.8 Å². The molecule has 0 fully saturated rings. The fourth-order valence-electron chi connectivity index (χ4n) is 2.45. The summed E-state index contributed by atoms with van der Waals surface area (Å²) in [6, 6.07) is 12.0. The summed E-state index contributed by atoms with van der Waals surface area (Å²) < 4.78 is 5.35. The number of rotatable bonds is 8. The first-order chi connectivity index (χ1) is 12.5. The number of hydrazone groups is 1. The van der Waals surface area contributed by atoms with Crippen molar-refractivity contribution in [1.29, 1.82) is 0 Å². The third kappa shape index (κ3) is 5.70. The lowest BCUT2D eigenvalue weighted by molar-refractivity contribution is -0.384. The van der Waals surface area contributed by atoms with Crippen molar-refractivity contribution in [2.24, 2.45) is 5.10 Å². The molecule has 0 aromatic heterocycles. The molecule has 0 heterocycles. The average Bonchev–Trinajstić information content (AvgIpc) is 2.63. The van der Waals surface area contributed by atoms with E-state index < -0.39 is 4.92 Å². The van der Waals surface area contributed by atoms with Crippen LogP contribution in [0.2, 0.25) is 0 Å². The van der Waals surface area contributed by atoms with Crippen LogP contribution in [0.4, 0.5) is 5.69 Å². The van der Waals surface area contributed by atoms with E-state index in [1.807, 2.05) is 25.1 Å². The van der Waals surface area contributed by atoms with Gasteiger partial charge in [0.25, 0.3) is 5.69 Å². The summed E-state index contributed by atoms with van der Waals surface area (Å²) in [6.45, 7) is 2.00. The number of methoxy groups -OCH3 is 1. The first-order valence-electron chi connectivity index (χ1n) is 8.19. The average molecular weight is 355 g/mol. The summed E-state index contributed by atoms with van der Waals surface area (Å²) >= 11 is 0. The largest absolute Gasteiger partial charge is 0.496 e. The number of hydrogen-bond donors (Lipinski definition) is 1. The zero-order valence-corrected chi connectivity index (χ0v) is 14.8. The Morgan fingerprint density at radius 1 is 1.31 bits per heavy atom. The summed E-state index contributed by atoms with van der Waals surface area (Å²) in [7, 11) is 1.63. The highest BCUT2D eigenvalue weighted by molar-refractivity contribution is 5.83. The van der Waals surface area contributed by atoms with Crippen LogP contribution in [0.15, 0.2) is 47.6 Å². The maximum atomic E-state index is 11.8. The number of hydrogen-bond acceptors (Lipinski definition) is 5. The van der Waals surface area contributed by atoms with E-state index in [4.69, 9.17) is 4.74 Å². The zero-order chi connectivity index (χ0) is 18.9. The maximum absolute atomic E-state index is 11.8. The second kappa shape index (κ2) is 9.31. The Hall–Kier alpha value is -3.22. The van der Waals surface area contributed by atoms with Crippen molar-refractivity contribution in [3.05, 3.63) is 69.3 Å². The number of benzene rings is 2. The molecule has 2 aromatic carbocycles. The van der Waals surface area contributed by atoms with Gasteiger partial charge in [-0.15, -0.1) is 0 Å². The van der Waals surface area contributed by atoms with Crippen molar-refractivity contribution in [1.82, 2.24) is 5.43 Å². The Morgan fingerprint density at radius 2 is 2.12 bits per heavy atom. The number of nitrogens with one attached hydrogen (secondary N) is 1. The summed E-state index contributed by atoms with van der Waals surface area (Å²) in [5.74, 6) is 0.617. The number of non-ortho nitro benzene ring substituents is 1. The third-order valence-corrected chi connectivity index (χ3v) is 3.78. The van der Waals surface area contributed by atoms with Gasteiger partial charge in [0.2, 0.25) is 5.91 Å². The lowest BCUT2D eigenvalue weighted by atomic mass is 10.0. The molecule has 0 bridgehead atoms. The molecule has 1 amide bonds. The van der Waals surface area contributed by atoms with Gasteiger partial charge in [-0.3, -0.25) is 14.9 Å². The van der Waals surface area contributed by atoms with Crippen LogP contribution < -0.4 is 10.2 Å². The molecular formula is C19H21N3O4. The Bertz CT molecular complexity index is 818. The zero-order valence-electron chi connectivity index (χ0n) is 14.8. The van der Waals surface area contributed by atoms with Gasteiger partial charge in [0.1, 0.15) is 5.75 Å². The molecule has 2 aromatic rings. The van der Waals surface area contributed by atoms with E-state index in [1.165, 1.54) is 18.3 Å². The fourth-order valence-corrected chi connectivity index (χ4v) is 2.45. The van der Waals surface area contributed by atoms with Gasteiger partial charge >= 0.3 is 0 Å². The van der Waals surface area contributed by atoms with Crippen LogP contribution >= 0.6 is 0 Å². The number of nitro groups is 1. The van der Waals surface area contributed by atoms with Gasteiger partial charge in [0.15, 0.2) is 0 Å². The third-order valence-electron chi connectivity index (χ3n) is 3.78. The molecule has 26 heavy (non-hydrogen) atoms. The molecule has 0 aliphatic heterocycles. The Balaban J connectivity index is 1.80. The summed E-state index contributed by atoms with van der Waals surface area (Å²) in [4.78, 5) is 22.1. The summed E-state index contributed by atoms with van der Waals surface area (Å²) in [5.41, 5.74) is 5.14. The fraction of sp³-hybridized carbons (Fsp3) is 0.263. The van der Waals surface area contributed by atoms with E-state index in [2.05, 4.69) is 10.5 Å². The monoisotopic (exact) mass is 355 g/mol. The number of nitrogens with zero attached hydrogens (tertiary/aromatic N) is 2. The normalized spacial score (nSPS) is 10.7. The quantitative estimate of drug-likeness (QED) is 0.446. The van der Waals surface area contributed by atoms with Crippen molar-refractivity contribution < 1.29 is 14.5 Å². The molecule has 7 nitrogen and oxygen atoms in total. The molecule has 2 rings (SSSR count). The van der Waals surface area contributed by atoms with Gasteiger partial charge in [0.05, 0.1) is 18.2 Å². The van der Waals surface area contributed by atoms with E-state index in [-0.39, 0.29) is 11.6 Å². The van der Waals surface area contributed by atoms with Crippen LogP contribution in [0.3, 0.4) is 0 Å². The van der Waals surface area contributed by atoms with Gasteiger partial charge in [-0.05, 0) is 37.0 Å². The lowest BCUT2D eigenvalue weighted by Crippen LogP contribution is -2.17. The second-order valence-electron chi connectivity index (χ2n) is 5.81. The molecule has 7 heteroatoms. The molecule has 1 N–H and O–H groups in total. The highest BCUT2D eigenvalue weighted by atomic mass is 16.6. The van der Waals surface area contributed by atoms with E-state index in [9.17, 15) is 14.9 Å². The summed E-state index contributed by atoms with van der Waals surface area (Å²) in [6.07, 6.45) is 3.10. The highest BCUT2D eigenvalue weighted by Gasteiger charge is 2.06. The van der Waals surface area contributed by atoms with Crippen molar-refractivity contribution in [2.45, 2.75) is 26.2 Å². The Morgan fingerprint density at radius 3 is 2.85 bits per heavy atom. The van der Waals surface area contributed by atoms with Crippen LogP contribution in [-0.4, -0.2) is 24.2 Å².